The van der Waals surface area contributed by atoms with Gasteiger partial charge in [-0.25, -0.2) is 13.4 Å². The Morgan fingerprint density at radius 2 is 2.20 bits per heavy atom. The minimum atomic E-state index is -3.58. The molecule has 0 aliphatic heterocycles. The number of nitrogens with zero attached hydrogens (tertiary/aromatic N) is 3. The molecule has 0 saturated heterocycles. The van der Waals surface area contributed by atoms with Crippen molar-refractivity contribution < 1.29 is 8.42 Å². The van der Waals surface area contributed by atoms with Gasteiger partial charge in [-0.05, 0) is 13.3 Å². The number of sulfonamides is 1. The highest BCUT2D eigenvalue weighted by molar-refractivity contribution is 7.89. The number of hydrogen-bond donors (Lipinski definition) is 1. The Morgan fingerprint density at radius 3 is 2.75 bits per heavy atom. The molecule has 8 heteroatoms. The summed E-state index contributed by atoms with van der Waals surface area (Å²) in [5.74, 6) is 0.401. The van der Waals surface area contributed by atoms with Gasteiger partial charge in [-0.3, -0.25) is 4.40 Å². The Hall–Kier alpha value is -1.12. The molecule has 0 spiro atoms. The SMILES string of the molecule is CCC(C)N(CC)S(=O)(=O)c1c(NC)nc2sccn12. The zero-order valence-corrected chi connectivity index (χ0v) is 13.8. The Bertz CT molecular complexity index is 689. The Balaban J connectivity index is 2.63. The van der Waals surface area contributed by atoms with E-state index < -0.39 is 10.0 Å². The number of fused-ring (bicyclic) bond motifs is 1. The lowest BCUT2D eigenvalue weighted by Crippen LogP contribution is -2.38. The van der Waals surface area contributed by atoms with E-state index in [1.54, 1.807) is 17.6 Å². The van der Waals surface area contributed by atoms with Crippen LogP contribution in [-0.4, -0.2) is 41.7 Å². The lowest BCUT2D eigenvalue weighted by atomic mass is 10.3. The van der Waals surface area contributed by atoms with Crippen LogP contribution in [0.2, 0.25) is 0 Å². The van der Waals surface area contributed by atoms with E-state index in [0.29, 0.717) is 17.3 Å². The lowest BCUT2D eigenvalue weighted by Gasteiger charge is -2.26. The van der Waals surface area contributed by atoms with Gasteiger partial charge in [-0.2, -0.15) is 4.31 Å². The zero-order chi connectivity index (χ0) is 14.9. The smallest absolute Gasteiger partial charge is 0.263 e. The highest BCUT2D eigenvalue weighted by Crippen LogP contribution is 2.29. The van der Waals surface area contributed by atoms with Crippen molar-refractivity contribution in [2.24, 2.45) is 0 Å². The summed E-state index contributed by atoms with van der Waals surface area (Å²) in [7, 11) is -1.89. The topological polar surface area (TPSA) is 66.7 Å². The summed E-state index contributed by atoms with van der Waals surface area (Å²) in [4.78, 5) is 5.00. The van der Waals surface area contributed by atoms with Crippen molar-refractivity contribution in [2.75, 3.05) is 18.9 Å². The Morgan fingerprint density at radius 1 is 1.50 bits per heavy atom. The molecule has 0 fully saturated rings. The molecule has 0 aromatic carbocycles. The average Bonchev–Trinajstić information content (AvgIpc) is 2.97. The zero-order valence-electron chi connectivity index (χ0n) is 12.1. The second-order valence-corrected chi connectivity index (χ2v) is 7.22. The maximum atomic E-state index is 12.9. The van der Waals surface area contributed by atoms with Gasteiger partial charge in [0.1, 0.15) is 0 Å². The van der Waals surface area contributed by atoms with E-state index in [0.717, 1.165) is 6.42 Å². The molecule has 112 valence electrons. The number of anilines is 1. The highest BCUT2D eigenvalue weighted by atomic mass is 32.2. The van der Waals surface area contributed by atoms with Crippen molar-refractivity contribution in [3.05, 3.63) is 11.6 Å². The highest BCUT2D eigenvalue weighted by Gasteiger charge is 2.33. The molecular formula is C12H20N4O2S2. The minimum Gasteiger partial charge on any atom is -0.371 e. The molecule has 0 radical (unpaired) electrons. The predicted octanol–water partition coefficient (Wildman–Crippen LogP) is 2.25. The third kappa shape index (κ3) is 2.32. The summed E-state index contributed by atoms with van der Waals surface area (Å²) >= 11 is 1.42. The van der Waals surface area contributed by atoms with E-state index in [9.17, 15) is 8.42 Å². The fraction of sp³-hybridized carbons (Fsp3) is 0.583. The van der Waals surface area contributed by atoms with Crippen molar-refractivity contribution >= 4 is 32.1 Å². The molecule has 2 aromatic rings. The molecule has 6 nitrogen and oxygen atoms in total. The number of nitrogens with one attached hydrogen (secondary N) is 1. The van der Waals surface area contributed by atoms with E-state index in [2.05, 4.69) is 10.3 Å². The summed E-state index contributed by atoms with van der Waals surface area (Å²) in [5.41, 5.74) is 0. The fourth-order valence-electron chi connectivity index (χ4n) is 2.21. The number of hydrogen-bond acceptors (Lipinski definition) is 5. The molecule has 2 heterocycles. The summed E-state index contributed by atoms with van der Waals surface area (Å²) in [5, 5.41) is 4.94. The van der Waals surface area contributed by atoms with Crippen LogP contribution in [0.4, 0.5) is 5.82 Å². The first-order chi connectivity index (χ1) is 9.47. The molecule has 0 saturated carbocycles. The molecule has 1 atom stereocenters. The van der Waals surface area contributed by atoms with Crippen LogP contribution in [0, 0.1) is 0 Å². The van der Waals surface area contributed by atoms with Crippen LogP contribution in [0.5, 0.6) is 0 Å². The van der Waals surface area contributed by atoms with Crippen LogP contribution in [-0.2, 0) is 10.0 Å². The van der Waals surface area contributed by atoms with Crippen LogP contribution < -0.4 is 5.32 Å². The largest absolute Gasteiger partial charge is 0.371 e. The summed E-state index contributed by atoms with van der Waals surface area (Å²) in [6.45, 7) is 6.21. The van der Waals surface area contributed by atoms with Gasteiger partial charge in [0.05, 0.1) is 0 Å². The van der Waals surface area contributed by atoms with Gasteiger partial charge >= 0.3 is 0 Å². The molecule has 1 unspecified atom stereocenters. The molecule has 0 aliphatic carbocycles. The number of imidazole rings is 1. The van der Waals surface area contributed by atoms with Crippen molar-refractivity contribution in [3.63, 3.8) is 0 Å². The molecule has 0 amide bonds. The van der Waals surface area contributed by atoms with E-state index in [4.69, 9.17) is 0 Å². The number of rotatable bonds is 6. The molecule has 1 N–H and O–H groups in total. The maximum absolute atomic E-state index is 12.9. The van der Waals surface area contributed by atoms with E-state index in [-0.39, 0.29) is 11.1 Å². The quantitative estimate of drug-likeness (QED) is 0.887. The van der Waals surface area contributed by atoms with Crippen molar-refractivity contribution in [3.8, 4) is 0 Å². The van der Waals surface area contributed by atoms with Crippen LogP contribution in [0.15, 0.2) is 16.6 Å². The van der Waals surface area contributed by atoms with Crippen LogP contribution in [0.25, 0.3) is 4.96 Å². The van der Waals surface area contributed by atoms with Gasteiger partial charge in [0.25, 0.3) is 10.0 Å². The van der Waals surface area contributed by atoms with Crippen molar-refractivity contribution in [2.45, 2.75) is 38.3 Å². The molecule has 0 aliphatic rings. The lowest BCUT2D eigenvalue weighted by molar-refractivity contribution is 0.341. The monoisotopic (exact) mass is 316 g/mol. The minimum absolute atomic E-state index is 0.0427. The number of aromatic nitrogens is 2. The van der Waals surface area contributed by atoms with Gasteiger partial charge < -0.3 is 5.32 Å². The predicted molar refractivity (Wildman–Crippen MR) is 81.9 cm³/mol. The van der Waals surface area contributed by atoms with E-state index in [1.165, 1.54) is 15.6 Å². The van der Waals surface area contributed by atoms with Gasteiger partial charge in [-0.1, -0.05) is 13.8 Å². The van der Waals surface area contributed by atoms with Crippen LogP contribution in [0.3, 0.4) is 0 Å². The summed E-state index contributed by atoms with van der Waals surface area (Å²) in [6.07, 6.45) is 2.51. The normalized spacial score (nSPS) is 14.1. The van der Waals surface area contributed by atoms with E-state index >= 15 is 0 Å². The molecule has 20 heavy (non-hydrogen) atoms. The summed E-state index contributed by atoms with van der Waals surface area (Å²) in [6, 6.07) is -0.0427. The number of thiazole rings is 1. The first-order valence-electron chi connectivity index (χ1n) is 6.62. The van der Waals surface area contributed by atoms with Crippen molar-refractivity contribution in [1.29, 1.82) is 0 Å². The molecule has 2 rings (SSSR count). The van der Waals surface area contributed by atoms with E-state index in [1.807, 2.05) is 26.2 Å². The first kappa shape index (κ1) is 15.3. The summed E-state index contributed by atoms with van der Waals surface area (Å²) < 4.78 is 29.1. The maximum Gasteiger partial charge on any atom is 0.263 e. The molecule has 0 bridgehead atoms. The average molecular weight is 316 g/mol. The molecular weight excluding hydrogens is 296 g/mol. The van der Waals surface area contributed by atoms with Gasteiger partial charge in [0.2, 0.25) is 0 Å². The second-order valence-electron chi connectivity index (χ2n) is 4.54. The first-order valence-corrected chi connectivity index (χ1v) is 8.94. The van der Waals surface area contributed by atoms with Crippen LogP contribution in [0.1, 0.15) is 27.2 Å². The Kier molecular flexibility index (Phi) is 4.36. The third-order valence-electron chi connectivity index (χ3n) is 3.40. The molecule has 2 aromatic heterocycles. The van der Waals surface area contributed by atoms with Gasteiger partial charge in [0, 0.05) is 31.2 Å². The standard InChI is InChI=1S/C12H20N4O2S2/c1-5-9(3)16(6-2)20(17,18)11-10(13-4)14-12-15(11)7-8-19-12/h7-9,13H,5-6H2,1-4H3. The third-order valence-corrected chi connectivity index (χ3v) is 6.27. The van der Waals surface area contributed by atoms with Gasteiger partial charge in [-0.15, -0.1) is 11.3 Å². The fourth-order valence-corrected chi connectivity index (χ4v) is 4.95. The van der Waals surface area contributed by atoms with Gasteiger partial charge in [0.15, 0.2) is 15.8 Å². The van der Waals surface area contributed by atoms with Crippen LogP contribution >= 0.6 is 11.3 Å². The van der Waals surface area contributed by atoms with Crippen molar-refractivity contribution in [1.82, 2.24) is 13.7 Å². The second kappa shape index (κ2) is 5.71. The Labute approximate surface area is 123 Å².